The molecule has 41 heavy (non-hydrogen) atoms. The molecule has 0 fully saturated rings. The second kappa shape index (κ2) is 13.5. The fourth-order valence-electron chi connectivity index (χ4n) is 4.70. The summed E-state index contributed by atoms with van der Waals surface area (Å²) in [6.07, 6.45) is 1.57. The molecule has 2 amide bonds. The van der Waals surface area contributed by atoms with Crippen molar-refractivity contribution in [1.82, 2.24) is 10.2 Å². The number of rotatable bonds is 12. The van der Waals surface area contributed by atoms with Gasteiger partial charge >= 0.3 is 0 Å². The van der Waals surface area contributed by atoms with Crippen LogP contribution in [0.2, 0.25) is 0 Å². The number of fused-ring (bicyclic) bond motifs is 1. The Morgan fingerprint density at radius 1 is 0.951 bits per heavy atom. The monoisotopic (exact) mass is 583 g/mol. The van der Waals surface area contributed by atoms with Gasteiger partial charge in [0.25, 0.3) is 0 Å². The third-order valence-electron chi connectivity index (χ3n) is 6.75. The highest BCUT2D eigenvalue weighted by Crippen LogP contribution is 2.34. The first-order valence-electron chi connectivity index (χ1n) is 13.3. The van der Waals surface area contributed by atoms with Crippen LogP contribution >= 0.6 is 0 Å². The van der Waals surface area contributed by atoms with Gasteiger partial charge in [0.15, 0.2) is 11.5 Å². The van der Waals surface area contributed by atoms with Crippen LogP contribution in [0.4, 0.5) is 10.1 Å². The van der Waals surface area contributed by atoms with Crippen LogP contribution in [0, 0.1) is 5.82 Å². The van der Waals surface area contributed by atoms with E-state index < -0.39 is 21.9 Å². The molecule has 0 aliphatic carbocycles. The lowest BCUT2D eigenvalue weighted by molar-refractivity contribution is -0.141. The van der Waals surface area contributed by atoms with Crippen LogP contribution in [-0.2, 0) is 32.6 Å². The highest BCUT2D eigenvalue weighted by atomic mass is 32.2. The molecule has 4 rings (SSSR count). The van der Waals surface area contributed by atoms with E-state index in [1.807, 2.05) is 30.3 Å². The number of hydrogen-bond acceptors (Lipinski definition) is 6. The Morgan fingerprint density at radius 3 is 2.29 bits per heavy atom. The maximum absolute atomic E-state index is 13.7. The Balaban J connectivity index is 1.54. The normalized spacial score (nSPS) is 13.2. The Morgan fingerprint density at radius 2 is 1.63 bits per heavy atom. The van der Waals surface area contributed by atoms with E-state index in [-0.39, 0.29) is 44.2 Å². The Labute approximate surface area is 239 Å². The molecule has 218 valence electrons. The largest absolute Gasteiger partial charge is 0.486 e. The first kappa shape index (κ1) is 29.9. The molecule has 11 heteroatoms. The van der Waals surface area contributed by atoms with Crippen LogP contribution < -0.4 is 19.1 Å². The number of likely N-dealkylation sites (N-methyl/N-ethyl adjacent to an activating group) is 1. The van der Waals surface area contributed by atoms with Crippen molar-refractivity contribution in [1.29, 1.82) is 0 Å². The minimum Gasteiger partial charge on any atom is -0.486 e. The van der Waals surface area contributed by atoms with Gasteiger partial charge in [-0.3, -0.25) is 13.9 Å². The van der Waals surface area contributed by atoms with Gasteiger partial charge < -0.3 is 19.7 Å². The molecule has 1 atom stereocenters. The number of carbonyl (C=O) groups is 2. The lowest BCUT2D eigenvalue weighted by atomic mass is 10.0. The van der Waals surface area contributed by atoms with Gasteiger partial charge in [0.1, 0.15) is 25.1 Å². The number of nitrogens with one attached hydrogen (secondary N) is 1. The number of halogens is 1. The summed E-state index contributed by atoms with van der Waals surface area (Å²) in [5, 5.41) is 2.65. The van der Waals surface area contributed by atoms with Crippen LogP contribution in [0.3, 0.4) is 0 Å². The smallest absolute Gasteiger partial charge is 0.242 e. The van der Waals surface area contributed by atoms with Crippen molar-refractivity contribution in [2.75, 3.05) is 37.4 Å². The summed E-state index contributed by atoms with van der Waals surface area (Å²) in [5.41, 5.74) is 1.94. The van der Waals surface area contributed by atoms with Crippen LogP contribution in [0.15, 0.2) is 72.8 Å². The molecule has 3 aromatic rings. The minimum atomic E-state index is -3.68. The van der Waals surface area contributed by atoms with Gasteiger partial charge in [-0.1, -0.05) is 42.5 Å². The molecule has 1 aliphatic heterocycles. The number of nitrogens with zero attached hydrogens (tertiary/aromatic N) is 2. The van der Waals surface area contributed by atoms with Crippen molar-refractivity contribution >= 4 is 27.5 Å². The molecular weight excluding hydrogens is 549 g/mol. The summed E-state index contributed by atoms with van der Waals surface area (Å²) in [6.45, 7) is 0.906. The summed E-state index contributed by atoms with van der Waals surface area (Å²) < 4.78 is 51.3. The quantitative estimate of drug-likeness (QED) is 0.350. The van der Waals surface area contributed by atoms with E-state index in [0.29, 0.717) is 36.0 Å². The molecular formula is C30H34FN3O6S. The predicted octanol–water partition coefficient (Wildman–Crippen LogP) is 3.53. The zero-order valence-electron chi connectivity index (χ0n) is 23.1. The van der Waals surface area contributed by atoms with Crippen molar-refractivity contribution in [2.45, 2.75) is 31.8 Å². The van der Waals surface area contributed by atoms with E-state index in [9.17, 15) is 22.4 Å². The number of sulfonamides is 1. The maximum atomic E-state index is 13.7. The molecule has 0 aromatic heterocycles. The molecule has 0 saturated carbocycles. The third-order valence-corrected chi connectivity index (χ3v) is 7.94. The van der Waals surface area contributed by atoms with Gasteiger partial charge in [-0.25, -0.2) is 12.8 Å². The summed E-state index contributed by atoms with van der Waals surface area (Å²) in [6, 6.07) is 19.2. The van der Waals surface area contributed by atoms with Crippen molar-refractivity contribution in [3.63, 3.8) is 0 Å². The topological polar surface area (TPSA) is 105 Å². The summed E-state index contributed by atoms with van der Waals surface area (Å²) >= 11 is 0. The fraction of sp³-hybridized carbons (Fsp3) is 0.333. The van der Waals surface area contributed by atoms with Gasteiger partial charge in [-0.05, 0) is 41.8 Å². The van der Waals surface area contributed by atoms with Crippen molar-refractivity contribution in [3.05, 3.63) is 89.7 Å². The SMILES string of the molecule is CNC(=O)[C@@H](Cc1ccccc1)N(Cc1ccc(F)cc1)C(=O)CCCN(c1ccc2c(c1)OCCO2)S(C)(=O)=O. The Kier molecular flexibility index (Phi) is 9.82. The average Bonchev–Trinajstić information content (AvgIpc) is 2.97. The average molecular weight is 584 g/mol. The number of anilines is 1. The predicted molar refractivity (Wildman–Crippen MR) is 154 cm³/mol. The van der Waals surface area contributed by atoms with Crippen molar-refractivity contribution in [3.8, 4) is 11.5 Å². The third kappa shape index (κ3) is 7.97. The van der Waals surface area contributed by atoms with Crippen LogP contribution in [0.5, 0.6) is 11.5 Å². The molecule has 1 N–H and O–H groups in total. The Hall–Kier alpha value is -4.12. The number of amides is 2. The van der Waals surface area contributed by atoms with E-state index >= 15 is 0 Å². The molecule has 3 aromatic carbocycles. The van der Waals surface area contributed by atoms with Crippen LogP contribution in [0.25, 0.3) is 0 Å². The molecule has 1 aliphatic rings. The summed E-state index contributed by atoms with van der Waals surface area (Å²) in [7, 11) is -2.17. The number of carbonyl (C=O) groups excluding carboxylic acids is 2. The van der Waals surface area contributed by atoms with Crippen molar-refractivity contribution in [2.24, 2.45) is 0 Å². The van der Waals surface area contributed by atoms with E-state index in [2.05, 4.69) is 5.32 Å². The minimum absolute atomic E-state index is 0.0138. The molecule has 0 radical (unpaired) electrons. The van der Waals surface area contributed by atoms with Crippen LogP contribution in [0.1, 0.15) is 24.0 Å². The standard InChI is InChI=1S/C30H34FN3O6S/c1-32-30(36)26(19-22-7-4-3-5-8-22)33(21-23-10-12-24(31)13-11-23)29(35)9-6-16-34(41(2,37)38)25-14-15-27-28(20-25)40-18-17-39-27/h3-5,7-8,10-15,20,26H,6,9,16-19,21H2,1-2H3,(H,32,36)/t26-/m1/s1. The lowest BCUT2D eigenvalue weighted by Gasteiger charge is -2.31. The molecule has 1 heterocycles. The molecule has 0 unspecified atom stereocenters. The van der Waals surface area contributed by atoms with Crippen LogP contribution in [-0.4, -0.2) is 64.2 Å². The maximum Gasteiger partial charge on any atom is 0.242 e. The molecule has 0 bridgehead atoms. The fourth-order valence-corrected chi connectivity index (χ4v) is 5.66. The van der Waals surface area contributed by atoms with Gasteiger partial charge in [-0.2, -0.15) is 0 Å². The molecule has 0 spiro atoms. The van der Waals surface area contributed by atoms with Gasteiger partial charge in [0.2, 0.25) is 21.8 Å². The second-order valence-electron chi connectivity index (χ2n) is 9.73. The van der Waals surface area contributed by atoms with E-state index in [4.69, 9.17) is 9.47 Å². The van der Waals surface area contributed by atoms with E-state index in [1.165, 1.54) is 28.4 Å². The zero-order valence-corrected chi connectivity index (χ0v) is 23.9. The zero-order chi connectivity index (χ0) is 29.4. The highest BCUT2D eigenvalue weighted by molar-refractivity contribution is 7.92. The Bertz CT molecular complexity index is 1450. The lowest BCUT2D eigenvalue weighted by Crippen LogP contribution is -2.49. The number of ether oxygens (including phenoxy) is 2. The van der Waals surface area contributed by atoms with Gasteiger partial charge in [0, 0.05) is 39.0 Å². The second-order valence-corrected chi connectivity index (χ2v) is 11.6. The molecule has 0 saturated heterocycles. The van der Waals surface area contributed by atoms with Crippen molar-refractivity contribution < 1.29 is 31.9 Å². The molecule has 9 nitrogen and oxygen atoms in total. The highest BCUT2D eigenvalue weighted by Gasteiger charge is 2.30. The van der Waals surface area contributed by atoms with E-state index in [1.54, 1.807) is 30.3 Å². The van der Waals surface area contributed by atoms with Gasteiger partial charge in [0.05, 0.1) is 11.9 Å². The van der Waals surface area contributed by atoms with Gasteiger partial charge in [-0.15, -0.1) is 0 Å². The first-order chi connectivity index (χ1) is 19.7. The summed E-state index contributed by atoms with van der Waals surface area (Å²) in [5.74, 6) is -0.0661. The first-order valence-corrected chi connectivity index (χ1v) is 15.2. The number of benzene rings is 3. The number of hydrogen-bond donors (Lipinski definition) is 1. The van der Waals surface area contributed by atoms with E-state index in [0.717, 1.165) is 11.8 Å². The summed E-state index contributed by atoms with van der Waals surface area (Å²) in [4.78, 5) is 28.2.